The van der Waals surface area contributed by atoms with Crippen molar-refractivity contribution in [2.45, 2.75) is 38.6 Å². The Morgan fingerprint density at radius 3 is 1.75 bits per heavy atom. The molecule has 1 aromatic rings. The summed E-state index contributed by atoms with van der Waals surface area (Å²) in [5, 5.41) is 0. The SMILES string of the molecule is COc1cc(N2CCC(N3CCN(C(=O)CCOCCOCCOCCOCCOCCC(N)=O)CC3)CC2)c(C)cc1N. The van der Waals surface area contributed by atoms with E-state index in [1.807, 2.05) is 11.0 Å². The van der Waals surface area contributed by atoms with Crippen molar-refractivity contribution in [2.75, 3.05) is 123 Å². The molecule has 0 unspecified atom stereocenters. The first-order valence-electron chi connectivity index (χ1n) is 15.8. The zero-order valence-corrected chi connectivity index (χ0v) is 26.6. The largest absolute Gasteiger partial charge is 0.495 e. The molecule has 0 spiro atoms. The van der Waals surface area contributed by atoms with Crippen LogP contribution >= 0.6 is 0 Å². The van der Waals surface area contributed by atoms with Gasteiger partial charge in [0.15, 0.2) is 0 Å². The second kappa shape index (κ2) is 20.4. The number of hydrogen-bond donors (Lipinski definition) is 2. The molecule has 4 N–H and O–H groups in total. The summed E-state index contributed by atoms with van der Waals surface area (Å²) in [6, 6.07) is 4.60. The maximum Gasteiger partial charge on any atom is 0.224 e. The molecule has 2 saturated heterocycles. The molecule has 2 aliphatic heterocycles. The fourth-order valence-corrected chi connectivity index (χ4v) is 5.50. The van der Waals surface area contributed by atoms with Gasteiger partial charge < -0.3 is 49.7 Å². The molecule has 3 rings (SSSR count). The Morgan fingerprint density at radius 2 is 1.25 bits per heavy atom. The van der Waals surface area contributed by atoms with Crippen LogP contribution in [0.1, 0.15) is 31.2 Å². The van der Waals surface area contributed by atoms with Crippen LogP contribution < -0.4 is 21.1 Å². The molecule has 1 aromatic carbocycles. The Kier molecular flexibility index (Phi) is 16.6. The molecule has 2 heterocycles. The summed E-state index contributed by atoms with van der Waals surface area (Å²) in [5.41, 5.74) is 14.1. The van der Waals surface area contributed by atoms with Crippen molar-refractivity contribution >= 4 is 23.2 Å². The molecule has 2 aliphatic rings. The van der Waals surface area contributed by atoms with Crippen LogP contribution in [0.15, 0.2) is 12.1 Å². The maximum atomic E-state index is 12.7. The number of anilines is 2. The van der Waals surface area contributed by atoms with Crippen LogP contribution in [0, 0.1) is 6.92 Å². The molecule has 250 valence electrons. The number of hydrogen-bond acceptors (Lipinski definition) is 11. The van der Waals surface area contributed by atoms with Crippen molar-refractivity contribution in [2.24, 2.45) is 5.73 Å². The Morgan fingerprint density at radius 1 is 0.750 bits per heavy atom. The number of ether oxygens (including phenoxy) is 6. The van der Waals surface area contributed by atoms with E-state index in [-0.39, 0.29) is 18.2 Å². The molecule has 0 atom stereocenters. The number of piperazine rings is 1. The van der Waals surface area contributed by atoms with Crippen molar-refractivity contribution in [3.8, 4) is 5.75 Å². The topological polar surface area (TPSA) is 151 Å². The normalized spacial score (nSPS) is 16.4. The minimum absolute atomic E-state index is 0.154. The summed E-state index contributed by atoms with van der Waals surface area (Å²) in [6.45, 7) is 11.8. The predicted octanol–water partition coefficient (Wildman–Crippen LogP) is 1.05. The zero-order chi connectivity index (χ0) is 31.6. The average molecular weight is 624 g/mol. The smallest absolute Gasteiger partial charge is 0.224 e. The van der Waals surface area contributed by atoms with Crippen molar-refractivity contribution in [1.82, 2.24) is 9.80 Å². The van der Waals surface area contributed by atoms with Crippen LogP contribution in [0.4, 0.5) is 11.4 Å². The number of rotatable bonds is 21. The molecule has 0 radical (unpaired) electrons. The number of methoxy groups -OCH3 is 1. The monoisotopic (exact) mass is 623 g/mol. The lowest BCUT2D eigenvalue weighted by Crippen LogP contribution is -2.54. The van der Waals surface area contributed by atoms with Gasteiger partial charge in [-0.3, -0.25) is 14.5 Å². The number of amides is 2. The van der Waals surface area contributed by atoms with Crippen molar-refractivity contribution in [3.63, 3.8) is 0 Å². The van der Waals surface area contributed by atoms with Crippen molar-refractivity contribution < 1.29 is 38.0 Å². The molecular formula is C31H53N5O8. The van der Waals surface area contributed by atoms with Crippen LogP contribution in [0.5, 0.6) is 5.75 Å². The summed E-state index contributed by atoms with van der Waals surface area (Å²) in [5.74, 6) is 0.508. The van der Waals surface area contributed by atoms with E-state index >= 15 is 0 Å². The number of aryl methyl sites for hydroxylation is 1. The van der Waals surface area contributed by atoms with Crippen LogP contribution in [-0.2, 0) is 33.3 Å². The standard InChI is InChI=1S/C31H53N5O8/c1-25-23-27(32)29(39-2)24-28(25)35-7-3-26(4-8-35)34-9-11-36(12-10-34)31(38)6-14-41-16-18-43-20-22-44-21-19-42-17-15-40-13-5-30(33)37/h23-24,26H,3-22,32H2,1-2H3,(H2,33,37). The van der Waals surface area contributed by atoms with Gasteiger partial charge in [-0.05, 0) is 31.4 Å². The summed E-state index contributed by atoms with van der Waals surface area (Å²) >= 11 is 0. The molecule has 2 fully saturated rings. The molecule has 0 aliphatic carbocycles. The first kappa shape index (κ1) is 35.8. The van der Waals surface area contributed by atoms with Crippen molar-refractivity contribution in [1.29, 1.82) is 0 Å². The Bertz CT molecular complexity index is 984. The second-order valence-electron chi connectivity index (χ2n) is 11.0. The highest BCUT2D eigenvalue weighted by molar-refractivity contribution is 5.76. The lowest BCUT2D eigenvalue weighted by molar-refractivity contribution is -0.134. The van der Waals surface area contributed by atoms with Gasteiger partial charge in [-0.1, -0.05) is 0 Å². The minimum atomic E-state index is -0.375. The lowest BCUT2D eigenvalue weighted by atomic mass is 10.0. The van der Waals surface area contributed by atoms with E-state index in [1.54, 1.807) is 7.11 Å². The maximum absolute atomic E-state index is 12.7. The van der Waals surface area contributed by atoms with Gasteiger partial charge in [-0.2, -0.15) is 0 Å². The van der Waals surface area contributed by atoms with Crippen molar-refractivity contribution in [3.05, 3.63) is 17.7 Å². The first-order chi connectivity index (χ1) is 21.4. The third kappa shape index (κ3) is 12.7. The third-order valence-electron chi connectivity index (χ3n) is 7.98. The van der Waals surface area contributed by atoms with Crippen LogP contribution in [-0.4, -0.2) is 140 Å². The number of nitrogens with two attached hydrogens (primary N) is 2. The molecule has 0 aromatic heterocycles. The van der Waals surface area contributed by atoms with Gasteiger partial charge in [0.2, 0.25) is 11.8 Å². The highest BCUT2D eigenvalue weighted by Crippen LogP contribution is 2.33. The number of carbonyl (C=O) groups excluding carboxylic acids is 2. The fraction of sp³-hybridized carbons (Fsp3) is 0.742. The summed E-state index contributed by atoms with van der Waals surface area (Å²) < 4.78 is 32.6. The Hall–Kier alpha value is -2.68. The Labute approximate surface area is 262 Å². The van der Waals surface area contributed by atoms with Crippen LogP contribution in [0.3, 0.4) is 0 Å². The van der Waals surface area contributed by atoms with Crippen LogP contribution in [0.2, 0.25) is 0 Å². The molecule has 0 bridgehead atoms. The van der Waals surface area contributed by atoms with E-state index in [9.17, 15) is 9.59 Å². The number of benzene rings is 1. The zero-order valence-electron chi connectivity index (χ0n) is 26.6. The molecule has 13 heteroatoms. The highest BCUT2D eigenvalue weighted by atomic mass is 16.6. The van der Waals surface area contributed by atoms with Gasteiger partial charge in [0.1, 0.15) is 5.75 Å². The third-order valence-corrected chi connectivity index (χ3v) is 7.98. The van der Waals surface area contributed by atoms with Gasteiger partial charge >= 0.3 is 0 Å². The molecule has 2 amide bonds. The predicted molar refractivity (Wildman–Crippen MR) is 168 cm³/mol. The summed E-state index contributed by atoms with van der Waals surface area (Å²) in [4.78, 5) is 30.2. The van der Waals surface area contributed by atoms with E-state index in [1.165, 1.54) is 11.3 Å². The first-order valence-corrected chi connectivity index (χ1v) is 15.8. The summed E-state index contributed by atoms with van der Waals surface area (Å²) in [6.07, 6.45) is 2.82. The van der Waals surface area contributed by atoms with E-state index in [0.29, 0.717) is 84.2 Å². The number of nitrogens with zero attached hydrogens (tertiary/aromatic N) is 3. The quantitative estimate of drug-likeness (QED) is 0.149. The second-order valence-corrected chi connectivity index (χ2v) is 11.0. The lowest BCUT2D eigenvalue weighted by Gasteiger charge is -2.43. The number of piperidine rings is 1. The Balaban J connectivity index is 1.14. The van der Waals surface area contributed by atoms with Gasteiger partial charge in [0, 0.05) is 63.5 Å². The minimum Gasteiger partial charge on any atom is -0.495 e. The van der Waals surface area contributed by atoms with Gasteiger partial charge in [-0.15, -0.1) is 0 Å². The molecule has 44 heavy (non-hydrogen) atoms. The molecule has 13 nitrogen and oxygen atoms in total. The van der Waals surface area contributed by atoms with E-state index < -0.39 is 0 Å². The highest BCUT2D eigenvalue weighted by Gasteiger charge is 2.29. The number of nitrogen functional groups attached to an aromatic ring is 1. The van der Waals surface area contributed by atoms with E-state index in [2.05, 4.69) is 22.8 Å². The van der Waals surface area contributed by atoms with Gasteiger partial charge in [0.25, 0.3) is 0 Å². The molecular weight excluding hydrogens is 570 g/mol. The van der Waals surface area contributed by atoms with E-state index in [4.69, 9.17) is 39.9 Å². The van der Waals surface area contributed by atoms with Gasteiger partial charge in [-0.25, -0.2) is 0 Å². The molecule has 0 saturated carbocycles. The van der Waals surface area contributed by atoms with Crippen LogP contribution in [0.25, 0.3) is 0 Å². The average Bonchev–Trinajstić information content (AvgIpc) is 3.02. The van der Waals surface area contributed by atoms with E-state index in [0.717, 1.165) is 57.9 Å². The number of carbonyl (C=O) groups is 2. The van der Waals surface area contributed by atoms with Gasteiger partial charge in [0.05, 0.1) is 85.3 Å². The summed E-state index contributed by atoms with van der Waals surface area (Å²) in [7, 11) is 1.66. The fourth-order valence-electron chi connectivity index (χ4n) is 5.50. The number of primary amides is 1.